The van der Waals surface area contributed by atoms with Crippen molar-refractivity contribution in [2.45, 2.75) is 71.4 Å². The van der Waals surface area contributed by atoms with E-state index >= 15 is 4.39 Å². The Morgan fingerprint density at radius 2 is 1.79 bits per heavy atom. The number of ether oxygens (including phenoxy) is 2. The number of pyridine rings is 1. The van der Waals surface area contributed by atoms with Gasteiger partial charge in [-0.15, -0.1) is 19.6 Å². The van der Waals surface area contributed by atoms with E-state index in [9.17, 15) is 17.6 Å². The second kappa shape index (κ2) is 14.4. The normalized spacial score (nSPS) is 21.6. The van der Waals surface area contributed by atoms with Crippen LogP contribution in [0.5, 0.6) is 6.01 Å². The standard InChI is InChI=1S/C37H37F5N6O2.C2H6/c1-3-24-26(38)8-7-22-5-4-6-25(29(22)24)32-31(39)33-30-27(44-32)17-21(2)28-18-43-13-16-48(28)34(30)46-35(45-33)49-20-36(11-12-36)19-47-14-9-23(10-15-47)50-37(40,41)42;1-2/h1,4-8,21,23,28,43H,9-20H2,2H3;1-2H3/t21-,28?;/m0./s1. The molecule has 5 heterocycles. The van der Waals surface area contributed by atoms with Gasteiger partial charge in [0, 0.05) is 61.7 Å². The number of fused-ring (bicyclic) bond motifs is 3. The molecule has 2 aromatic heterocycles. The number of piperazine rings is 1. The van der Waals surface area contributed by atoms with Crippen LogP contribution in [0.1, 0.15) is 57.7 Å². The third kappa shape index (κ3) is 7.00. The highest BCUT2D eigenvalue weighted by atomic mass is 19.4. The van der Waals surface area contributed by atoms with Gasteiger partial charge >= 0.3 is 12.4 Å². The van der Waals surface area contributed by atoms with E-state index < -0.39 is 24.1 Å². The monoisotopic (exact) mass is 722 g/mol. The van der Waals surface area contributed by atoms with E-state index in [1.807, 2.05) is 13.8 Å². The SMILES string of the molecule is C#Cc1c(F)ccc2cccc(-c3nc4c5c(nc(OCC6(CN7CCC(OC(F)(F)F)CC7)CC6)nc5c3F)N3CCNCC3[C@@H](C)C4)c12.CC. The third-order valence-corrected chi connectivity index (χ3v) is 10.8. The van der Waals surface area contributed by atoms with Crippen molar-refractivity contribution >= 4 is 27.5 Å². The van der Waals surface area contributed by atoms with Gasteiger partial charge in [0.1, 0.15) is 22.8 Å². The van der Waals surface area contributed by atoms with Gasteiger partial charge in [-0.05, 0) is 49.5 Å². The average Bonchev–Trinajstić information content (AvgIpc) is 3.93. The quantitative estimate of drug-likeness (QED) is 0.158. The van der Waals surface area contributed by atoms with Gasteiger partial charge in [0.15, 0.2) is 5.82 Å². The summed E-state index contributed by atoms with van der Waals surface area (Å²) in [5, 5.41) is 5.10. The smallest absolute Gasteiger partial charge is 0.463 e. The first-order valence-corrected chi connectivity index (χ1v) is 18.2. The summed E-state index contributed by atoms with van der Waals surface area (Å²) < 4.78 is 80.7. The molecule has 0 radical (unpaired) electrons. The lowest BCUT2D eigenvalue weighted by molar-refractivity contribution is -0.345. The number of rotatable bonds is 7. The summed E-state index contributed by atoms with van der Waals surface area (Å²) in [5.74, 6) is 1.94. The summed E-state index contributed by atoms with van der Waals surface area (Å²) in [4.78, 5) is 18.9. The van der Waals surface area contributed by atoms with Crippen molar-refractivity contribution in [1.82, 2.24) is 25.2 Å². The molecule has 4 aromatic rings. The number of anilines is 1. The van der Waals surface area contributed by atoms with E-state index in [0.29, 0.717) is 85.3 Å². The number of benzene rings is 2. The molecule has 8 rings (SSSR count). The van der Waals surface area contributed by atoms with Crippen LogP contribution in [0.3, 0.4) is 0 Å². The minimum absolute atomic E-state index is 0.0394. The lowest BCUT2D eigenvalue weighted by atomic mass is 9.93. The first-order valence-electron chi connectivity index (χ1n) is 18.2. The predicted octanol–water partition coefficient (Wildman–Crippen LogP) is 7.26. The minimum atomic E-state index is -4.63. The van der Waals surface area contributed by atoms with Crippen LogP contribution < -0.4 is 15.0 Å². The summed E-state index contributed by atoms with van der Waals surface area (Å²) >= 11 is 0. The highest BCUT2D eigenvalue weighted by Crippen LogP contribution is 2.47. The van der Waals surface area contributed by atoms with Gasteiger partial charge in [0.05, 0.1) is 29.4 Å². The number of piperidine rings is 1. The van der Waals surface area contributed by atoms with E-state index in [4.69, 9.17) is 21.1 Å². The second-order valence-electron chi connectivity index (χ2n) is 14.2. The largest absolute Gasteiger partial charge is 0.522 e. The fraction of sp³-hybridized carbons (Fsp3) is 0.513. The molecule has 1 unspecified atom stereocenters. The molecule has 1 aliphatic carbocycles. The molecule has 0 spiro atoms. The number of alkyl halides is 3. The summed E-state index contributed by atoms with van der Waals surface area (Å²) in [6, 6.07) is 8.34. The molecule has 2 atom stereocenters. The summed E-state index contributed by atoms with van der Waals surface area (Å²) in [7, 11) is 0. The summed E-state index contributed by atoms with van der Waals surface area (Å²) in [5.41, 5.74) is 1.02. The van der Waals surface area contributed by atoms with Crippen LogP contribution in [0.4, 0.5) is 27.8 Å². The fourth-order valence-corrected chi connectivity index (χ4v) is 8.03. The van der Waals surface area contributed by atoms with E-state index in [2.05, 4.69) is 37.7 Å². The number of nitrogens with one attached hydrogen (secondary N) is 1. The predicted molar refractivity (Wildman–Crippen MR) is 190 cm³/mol. The van der Waals surface area contributed by atoms with Crippen molar-refractivity contribution < 1.29 is 31.4 Å². The van der Waals surface area contributed by atoms with E-state index in [0.717, 1.165) is 25.9 Å². The van der Waals surface area contributed by atoms with Crippen molar-refractivity contribution in [3.63, 3.8) is 0 Å². The van der Waals surface area contributed by atoms with Crippen LogP contribution in [0.25, 0.3) is 32.9 Å². The molecule has 13 heteroatoms. The van der Waals surface area contributed by atoms with Crippen LogP contribution >= 0.6 is 0 Å². The maximum absolute atomic E-state index is 17.0. The Bertz CT molecular complexity index is 2000. The lowest BCUT2D eigenvalue weighted by Gasteiger charge is -2.39. The molecule has 1 N–H and O–H groups in total. The van der Waals surface area contributed by atoms with E-state index in [1.165, 1.54) is 6.07 Å². The maximum atomic E-state index is 17.0. The van der Waals surface area contributed by atoms with Crippen molar-refractivity contribution in [3.8, 4) is 29.6 Å². The van der Waals surface area contributed by atoms with Gasteiger partial charge in [-0.1, -0.05) is 51.0 Å². The number of terminal acetylenes is 1. The van der Waals surface area contributed by atoms with Crippen LogP contribution in [0.2, 0.25) is 0 Å². The molecule has 2 saturated heterocycles. The molecular weight excluding hydrogens is 679 g/mol. The average molecular weight is 723 g/mol. The summed E-state index contributed by atoms with van der Waals surface area (Å²) in [6.07, 6.45) is 3.26. The fourth-order valence-electron chi connectivity index (χ4n) is 8.03. The Hall–Kier alpha value is -4.12. The molecule has 4 aliphatic rings. The van der Waals surface area contributed by atoms with Gasteiger partial charge in [-0.3, -0.25) is 4.74 Å². The van der Waals surface area contributed by atoms with Crippen molar-refractivity contribution in [1.29, 1.82) is 0 Å². The third-order valence-electron chi connectivity index (χ3n) is 10.8. The molecule has 1 saturated carbocycles. The highest BCUT2D eigenvalue weighted by molar-refractivity contribution is 6.02. The number of halogens is 5. The molecule has 3 fully saturated rings. The van der Waals surface area contributed by atoms with E-state index in [-0.39, 0.29) is 40.2 Å². The zero-order chi connectivity index (χ0) is 36.8. The van der Waals surface area contributed by atoms with Crippen LogP contribution in [-0.4, -0.2) is 84.2 Å². The Kier molecular flexibility index (Phi) is 10.0. The van der Waals surface area contributed by atoms with Crippen LogP contribution in [0, 0.1) is 35.3 Å². The molecule has 276 valence electrons. The number of aromatic nitrogens is 3. The molecular formula is C39H43F5N6O2. The number of likely N-dealkylation sites (tertiary alicyclic amines) is 1. The van der Waals surface area contributed by atoms with Gasteiger partial charge in [0.25, 0.3) is 0 Å². The molecule has 0 bridgehead atoms. The molecule has 2 aromatic carbocycles. The highest BCUT2D eigenvalue weighted by Gasteiger charge is 2.46. The van der Waals surface area contributed by atoms with Gasteiger partial charge in [-0.25, -0.2) is 13.8 Å². The lowest BCUT2D eigenvalue weighted by Crippen LogP contribution is -2.54. The van der Waals surface area contributed by atoms with Crippen molar-refractivity contribution in [2.24, 2.45) is 11.3 Å². The summed E-state index contributed by atoms with van der Waals surface area (Å²) in [6.45, 7) is 10.2. The number of hydrogen-bond donors (Lipinski definition) is 1. The van der Waals surface area contributed by atoms with Crippen molar-refractivity contribution in [2.75, 3.05) is 50.8 Å². The number of nitrogens with zero attached hydrogens (tertiary/aromatic N) is 5. The van der Waals surface area contributed by atoms with Crippen molar-refractivity contribution in [3.05, 3.63) is 53.2 Å². The van der Waals surface area contributed by atoms with Gasteiger partial charge in [-0.2, -0.15) is 9.97 Å². The number of hydrogen-bond acceptors (Lipinski definition) is 8. The zero-order valence-electron chi connectivity index (χ0n) is 29.6. The van der Waals surface area contributed by atoms with Crippen LogP contribution in [-0.2, 0) is 11.2 Å². The first-order chi connectivity index (χ1) is 25.0. The van der Waals surface area contributed by atoms with Gasteiger partial charge < -0.3 is 19.9 Å². The minimum Gasteiger partial charge on any atom is -0.463 e. The topological polar surface area (TPSA) is 75.6 Å². The first kappa shape index (κ1) is 36.2. The Labute approximate surface area is 300 Å². The van der Waals surface area contributed by atoms with Gasteiger partial charge in [0.2, 0.25) is 0 Å². The van der Waals surface area contributed by atoms with E-state index in [1.54, 1.807) is 24.3 Å². The molecule has 3 aliphatic heterocycles. The zero-order valence-corrected chi connectivity index (χ0v) is 29.6. The second-order valence-corrected chi connectivity index (χ2v) is 14.2. The molecule has 52 heavy (non-hydrogen) atoms. The molecule has 8 nitrogen and oxygen atoms in total. The Balaban J connectivity index is 0.00000207. The Morgan fingerprint density at radius 3 is 2.50 bits per heavy atom. The Morgan fingerprint density at radius 1 is 1.02 bits per heavy atom. The molecule has 0 amide bonds. The van der Waals surface area contributed by atoms with Crippen LogP contribution in [0.15, 0.2) is 30.3 Å². The maximum Gasteiger partial charge on any atom is 0.522 e.